The van der Waals surface area contributed by atoms with Gasteiger partial charge in [-0.25, -0.2) is 0 Å². The molecule has 0 radical (unpaired) electrons. The van der Waals surface area contributed by atoms with E-state index in [2.05, 4.69) is 52.5 Å². The summed E-state index contributed by atoms with van der Waals surface area (Å²) in [5, 5.41) is 12.1. The van der Waals surface area contributed by atoms with E-state index in [0.29, 0.717) is 30.1 Å². The number of nitrogens with two attached hydrogens (primary N) is 1. The van der Waals surface area contributed by atoms with Gasteiger partial charge in [-0.05, 0) is 49.3 Å². The van der Waals surface area contributed by atoms with Gasteiger partial charge in [0.1, 0.15) is 0 Å². The topological polar surface area (TPSA) is 110 Å². The molecule has 1 saturated carbocycles. The summed E-state index contributed by atoms with van der Waals surface area (Å²) >= 11 is 1.14. The fraction of sp³-hybridized carbons (Fsp3) is 0.600. The van der Waals surface area contributed by atoms with Crippen molar-refractivity contribution in [2.45, 2.75) is 78.2 Å². The number of esters is 1. The van der Waals surface area contributed by atoms with Gasteiger partial charge in [-0.15, -0.1) is 10.2 Å². The molecule has 1 unspecified atom stereocenters. The van der Waals surface area contributed by atoms with Crippen molar-refractivity contribution < 1.29 is 14.3 Å². The zero-order valence-electron chi connectivity index (χ0n) is 20.7. The Balaban J connectivity index is 1.97. The Kier molecular flexibility index (Phi) is 9.27. The highest BCUT2D eigenvalue weighted by atomic mass is 32.1. The lowest BCUT2D eigenvalue weighted by Crippen LogP contribution is -2.39. The third-order valence-electron chi connectivity index (χ3n) is 6.13. The quantitative estimate of drug-likeness (QED) is 0.417. The van der Waals surface area contributed by atoms with Gasteiger partial charge < -0.3 is 20.7 Å². The Morgan fingerprint density at radius 3 is 2.56 bits per heavy atom. The van der Waals surface area contributed by atoms with Crippen LogP contribution in [0.4, 0.5) is 16.5 Å². The predicted molar refractivity (Wildman–Crippen MR) is 137 cm³/mol. The summed E-state index contributed by atoms with van der Waals surface area (Å²) < 4.78 is 5.15. The second-order valence-electron chi connectivity index (χ2n) is 9.43. The molecule has 0 saturated heterocycles. The van der Waals surface area contributed by atoms with Gasteiger partial charge in [0, 0.05) is 12.6 Å². The molecule has 3 rings (SSSR count). The van der Waals surface area contributed by atoms with E-state index in [9.17, 15) is 9.59 Å². The zero-order chi connectivity index (χ0) is 24.7. The molecule has 1 aliphatic carbocycles. The predicted octanol–water partition coefficient (Wildman–Crippen LogP) is 5.23. The van der Waals surface area contributed by atoms with Gasteiger partial charge in [-0.1, -0.05) is 57.4 Å². The largest absolute Gasteiger partial charge is 0.466 e. The van der Waals surface area contributed by atoms with Crippen LogP contribution in [0.25, 0.3) is 0 Å². The van der Waals surface area contributed by atoms with Crippen molar-refractivity contribution in [1.29, 1.82) is 0 Å². The minimum Gasteiger partial charge on any atom is -0.466 e. The fourth-order valence-corrected chi connectivity index (χ4v) is 5.13. The van der Waals surface area contributed by atoms with Gasteiger partial charge in [-0.2, -0.15) is 0 Å². The summed E-state index contributed by atoms with van der Waals surface area (Å²) in [6.07, 6.45) is 6.46. The van der Waals surface area contributed by atoms with Crippen molar-refractivity contribution in [1.82, 2.24) is 10.2 Å². The van der Waals surface area contributed by atoms with Crippen molar-refractivity contribution in [2.24, 2.45) is 11.7 Å². The van der Waals surface area contributed by atoms with Crippen LogP contribution in [-0.2, 0) is 9.53 Å². The number of hydrogen-bond acceptors (Lipinski definition) is 8. The molecule has 8 nitrogen and oxygen atoms in total. The van der Waals surface area contributed by atoms with E-state index >= 15 is 0 Å². The van der Waals surface area contributed by atoms with E-state index in [1.165, 1.54) is 32.1 Å². The minimum atomic E-state index is -0.591. The van der Waals surface area contributed by atoms with Crippen LogP contribution >= 0.6 is 11.3 Å². The van der Waals surface area contributed by atoms with Crippen LogP contribution in [0.3, 0.4) is 0 Å². The molecule has 2 aromatic rings. The molecule has 1 aromatic heterocycles. The lowest BCUT2D eigenvalue weighted by Gasteiger charge is -2.38. The van der Waals surface area contributed by atoms with Crippen molar-refractivity contribution in [3.63, 3.8) is 0 Å². The summed E-state index contributed by atoms with van der Waals surface area (Å²) in [5.74, 6) is -0.295. The van der Waals surface area contributed by atoms with Crippen LogP contribution in [0.2, 0.25) is 0 Å². The van der Waals surface area contributed by atoms with E-state index in [-0.39, 0.29) is 16.9 Å². The maximum Gasteiger partial charge on any atom is 0.306 e. The van der Waals surface area contributed by atoms with Gasteiger partial charge in [0.25, 0.3) is 5.91 Å². The lowest BCUT2D eigenvalue weighted by atomic mass is 9.92. The molecule has 1 fully saturated rings. The van der Waals surface area contributed by atoms with Crippen molar-refractivity contribution in [3.05, 3.63) is 28.8 Å². The maximum absolute atomic E-state index is 12.1. The van der Waals surface area contributed by atoms with Gasteiger partial charge >= 0.3 is 5.97 Å². The summed E-state index contributed by atoms with van der Waals surface area (Å²) in [7, 11) is 0. The average Bonchev–Trinajstić information content (AvgIpc) is 3.27. The van der Waals surface area contributed by atoms with Crippen LogP contribution in [-0.4, -0.2) is 41.3 Å². The molecule has 0 aliphatic heterocycles. The number of ether oxygens (including phenoxy) is 1. The average molecular weight is 488 g/mol. The van der Waals surface area contributed by atoms with Crippen LogP contribution in [0, 0.1) is 5.92 Å². The van der Waals surface area contributed by atoms with Gasteiger partial charge in [0.05, 0.1) is 24.4 Å². The number of aromatic nitrogens is 2. The maximum atomic E-state index is 12.1. The second kappa shape index (κ2) is 12.1. The molecular formula is C25H37N5O3S. The number of amides is 1. The van der Waals surface area contributed by atoms with Crippen molar-refractivity contribution in [2.75, 3.05) is 23.4 Å². The van der Waals surface area contributed by atoms with Crippen LogP contribution in [0.1, 0.15) is 87.5 Å². The van der Waals surface area contributed by atoms with Crippen LogP contribution in [0.15, 0.2) is 18.2 Å². The molecule has 1 heterocycles. The third-order valence-corrected chi connectivity index (χ3v) is 6.99. The summed E-state index contributed by atoms with van der Waals surface area (Å²) in [4.78, 5) is 26.1. The Labute approximate surface area is 206 Å². The lowest BCUT2D eigenvalue weighted by molar-refractivity contribution is -0.143. The summed E-state index contributed by atoms with van der Waals surface area (Å²) in [5.41, 5.74) is 8.40. The Morgan fingerprint density at radius 2 is 1.94 bits per heavy atom. The molecule has 9 heteroatoms. The molecule has 34 heavy (non-hydrogen) atoms. The summed E-state index contributed by atoms with van der Waals surface area (Å²) in [6.45, 7) is 9.64. The van der Waals surface area contributed by atoms with Gasteiger partial charge in [-0.3, -0.25) is 9.59 Å². The number of rotatable bonds is 11. The van der Waals surface area contributed by atoms with Gasteiger partial charge in [0.15, 0.2) is 0 Å². The van der Waals surface area contributed by atoms with Crippen molar-refractivity contribution >= 4 is 39.7 Å². The number of benzene rings is 1. The standard InChI is InChI=1S/C25H37N5O3S/c1-5-33-22(31)13-17(4)18-11-12-21(30(15-16(2)3)19-9-7-6-8-10-19)20(14-18)27-25-29-28-24(34-25)23(26)32/h11-12,14,16-17,19H,5-10,13,15H2,1-4H3,(H2,26,32)(H,27,29). The molecule has 3 N–H and O–H groups in total. The number of anilines is 3. The normalized spacial score (nSPS) is 15.2. The Bertz CT molecular complexity index is 971. The minimum absolute atomic E-state index is 0.00233. The van der Waals surface area contributed by atoms with Crippen molar-refractivity contribution in [3.8, 4) is 0 Å². The van der Waals surface area contributed by atoms with E-state index in [4.69, 9.17) is 10.5 Å². The number of carbonyl (C=O) groups is 2. The first-order valence-electron chi connectivity index (χ1n) is 12.2. The van der Waals surface area contributed by atoms with E-state index in [1.54, 1.807) is 0 Å². The molecule has 1 aliphatic rings. The molecule has 0 spiro atoms. The highest BCUT2D eigenvalue weighted by Crippen LogP contribution is 2.37. The third kappa shape index (κ3) is 6.91. The molecule has 1 aromatic carbocycles. The molecule has 0 bridgehead atoms. The Hall–Kier alpha value is -2.68. The molecule has 186 valence electrons. The van der Waals surface area contributed by atoms with Crippen LogP contribution < -0.4 is 16.0 Å². The first kappa shape index (κ1) is 25.9. The number of primary amides is 1. The first-order chi connectivity index (χ1) is 16.3. The highest BCUT2D eigenvalue weighted by molar-refractivity contribution is 7.17. The number of nitrogens with one attached hydrogen (secondary N) is 1. The summed E-state index contributed by atoms with van der Waals surface area (Å²) in [6, 6.07) is 6.82. The zero-order valence-corrected chi connectivity index (χ0v) is 21.5. The van der Waals surface area contributed by atoms with E-state index in [0.717, 1.165) is 34.8 Å². The van der Waals surface area contributed by atoms with Gasteiger partial charge in [0.2, 0.25) is 10.1 Å². The first-order valence-corrected chi connectivity index (χ1v) is 13.1. The smallest absolute Gasteiger partial charge is 0.306 e. The SMILES string of the molecule is CCOC(=O)CC(C)c1ccc(N(CC(C)C)C2CCCCC2)c(Nc2nnc(C(N)=O)s2)c1. The molecule has 1 amide bonds. The van der Waals surface area contributed by atoms with Crippen LogP contribution in [0.5, 0.6) is 0 Å². The second-order valence-corrected chi connectivity index (χ2v) is 10.4. The number of nitrogens with zero attached hydrogens (tertiary/aromatic N) is 3. The molecular weight excluding hydrogens is 450 g/mol. The fourth-order valence-electron chi connectivity index (χ4n) is 4.52. The van der Waals surface area contributed by atoms with E-state index in [1.807, 2.05) is 13.8 Å². The highest BCUT2D eigenvalue weighted by Gasteiger charge is 2.25. The molecule has 1 atom stereocenters. The Morgan fingerprint density at radius 1 is 1.21 bits per heavy atom. The van der Waals surface area contributed by atoms with E-state index < -0.39 is 5.91 Å². The number of carbonyl (C=O) groups excluding carboxylic acids is 2. The number of hydrogen-bond donors (Lipinski definition) is 2. The monoisotopic (exact) mass is 487 g/mol.